The van der Waals surface area contributed by atoms with Crippen LogP contribution in [-0.4, -0.2) is 46.6 Å². The van der Waals surface area contributed by atoms with Gasteiger partial charge in [0.15, 0.2) is 0 Å². The molecule has 0 unspecified atom stereocenters. The van der Waals surface area contributed by atoms with Crippen LogP contribution in [0.5, 0.6) is 5.88 Å². The molecule has 1 aliphatic heterocycles. The lowest BCUT2D eigenvalue weighted by molar-refractivity contribution is 0.177. The number of halogens is 1. The summed E-state index contributed by atoms with van der Waals surface area (Å²) in [5.41, 5.74) is 2.71. The maximum absolute atomic E-state index is 11.7. The Morgan fingerprint density at radius 2 is 2.31 bits per heavy atom. The smallest absolute Gasteiger partial charge is 0.285 e. The first-order valence-electron chi connectivity index (χ1n) is 9.12. The highest BCUT2D eigenvalue weighted by molar-refractivity contribution is 6.33. The van der Waals surface area contributed by atoms with E-state index in [1.54, 1.807) is 19.5 Å². The zero-order valence-electron chi connectivity index (χ0n) is 16.0. The number of nitrogens with zero attached hydrogens (tertiary/aromatic N) is 4. The van der Waals surface area contributed by atoms with Crippen molar-refractivity contribution in [1.82, 2.24) is 20.3 Å². The molecule has 0 spiro atoms. The number of aromatic nitrogens is 4. The second-order valence-electron chi connectivity index (χ2n) is 6.75. The van der Waals surface area contributed by atoms with Gasteiger partial charge in [-0.15, -0.1) is 0 Å². The molecule has 1 atom stereocenters. The number of rotatable bonds is 6. The van der Waals surface area contributed by atoms with Crippen molar-refractivity contribution >= 4 is 17.3 Å². The van der Waals surface area contributed by atoms with Crippen molar-refractivity contribution in [2.45, 2.75) is 26.1 Å². The zero-order valence-corrected chi connectivity index (χ0v) is 16.8. The molecule has 0 saturated carbocycles. The Labute approximate surface area is 171 Å². The summed E-state index contributed by atoms with van der Waals surface area (Å²) < 4.78 is 16.6. The first-order chi connectivity index (χ1) is 14.1. The van der Waals surface area contributed by atoms with Crippen molar-refractivity contribution in [3.63, 3.8) is 0 Å². The standard InChI is InChI=1S/C19H20ClN5O4/c1-11-17(14(10-27-2)24-29-11)12-3-5-21-16(7-12)28-13-4-6-25(9-13)15-8-22-23-19(26)18(15)20/h3,5,7-8,13H,4,6,9-10H2,1-2H3,(H,23,26)/t13-/m1/s1. The summed E-state index contributed by atoms with van der Waals surface area (Å²) in [7, 11) is 1.61. The van der Waals surface area contributed by atoms with Gasteiger partial charge in [-0.1, -0.05) is 16.8 Å². The van der Waals surface area contributed by atoms with E-state index < -0.39 is 5.56 Å². The lowest BCUT2D eigenvalue weighted by Gasteiger charge is -2.19. The molecule has 3 aromatic rings. The van der Waals surface area contributed by atoms with Gasteiger partial charge in [0, 0.05) is 32.3 Å². The van der Waals surface area contributed by atoms with E-state index in [9.17, 15) is 4.79 Å². The van der Waals surface area contributed by atoms with Crippen LogP contribution in [0.15, 0.2) is 33.8 Å². The molecule has 0 amide bonds. The summed E-state index contributed by atoms with van der Waals surface area (Å²) in [4.78, 5) is 18.0. The third-order valence-electron chi connectivity index (χ3n) is 4.79. The van der Waals surface area contributed by atoms with E-state index in [-0.39, 0.29) is 11.1 Å². The molecular weight excluding hydrogens is 398 g/mol. The molecule has 0 aromatic carbocycles. The van der Waals surface area contributed by atoms with Crippen LogP contribution in [0.4, 0.5) is 5.69 Å². The van der Waals surface area contributed by atoms with Crippen molar-refractivity contribution in [3.8, 4) is 17.0 Å². The van der Waals surface area contributed by atoms with E-state index in [4.69, 9.17) is 25.6 Å². The number of aromatic amines is 1. The molecule has 4 rings (SSSR count). The summed E-state index contributed by atoms with van der Waals surface area (Å²) in [5.74, 6) is 1.21. The Hall–Kier alpha value is -2.91. The van der Waals surface area contributed by atoms with Crippen molar-refractivity contribution in [2.75, 3.05) is 25.1 Å². The van der Waals surface area contributed by atoms with Gasteiger partial charge in [-0.3, -0.25) is 4.79 Å². The molecule has 0 bridgehead atoms. The van der Waals surface area contributed by atoms with Gasteiger partial charge in [0.2, 0.25) is 5.88 Å². The summed E-state index contributed by atoms with van der Waals surface area (Å²) in [5, 5.41) is 10.3. The van der Waals surface area contributed by atoms with Crippen LogP contribution in [0.25, 0.3) is 11.1 Å². The second kappa shape index (κ2) is 8.22. The van der Waals surface area contributed by atoms with Crippen LogP contribution in [-0.2, 0) is 11.3 Å². The van der Waals surface area contributed by atoms with Gasteiger partial charge >= 0.3 is 0 Å². The monoisotopic (exact) mass is 417 g/mol. The number of anilines is 1. The third kappa shape index (κ3) is 3.96. The highest BCUT2D eigenvalue weighted by Crippen LogP contribution is 2.31. The SMILES string of the molecule is COCc1noc(C)c1-c1ccnc(O[C@@H]2CCN(c3cn[nH]c(=O)c3Cl)C2)c1. The number of pyridine rings is 1. The molecule has 9 nitrogen and oxygen atoms in total. The Bertz CT molecular complexity index is 1070. The minimum atomic E-state index is -0.404. The van der Waals surface area contributed by atoms with Gasteiger partial charge in [-0.25, -0.2) is 10.1 Å². The quantitative estimate of drug-likeness (QED) is 0.652. The highest BCUT2D eigenvalue weighted by Gasteiger charge is 2.27. The zero-order chi connectivity index (χ0) is 20.4. The highest BCUT2D eigenvalue weighted by atomic mass is 35.5. The van der Waals surface area contributed by atoms with E-state index in [0.29, 0.717) is 37.0 Å². The van der Waals surface area contributed by atoms with Gasteiger partial charge in [-0.05, 0) is 18.6 Å². The molecule has 10 heteroatoms. The summed E-state index contributed by atoms with van der Waals surface area (Å²) in [6.45, 7) is 3.50. The molecule has 0 aliphatic carbocycles. The fourth-order valence-corrected chi connectivity index (χ4v) is 3.67. The fourth-order valence-electron chi connectivity index (χ4n) is 3.46. The number of hydrogen-bond acceptors (Lipinski definition) is 8. The predicted octanol–water partition coefficient (Wildman–Crippen LogP) is 2.59. The Morgan fingerprint density at radius 3 is 3.14 bits per heavy atom. The molecule has 152 valence electrons. The first kappa shape index (κ1) is 19.4. The minimum absolute atomic E-state index is 0.0879. The van der Waals surface area contributed by atoms with Crippen LogP contribution in [0, 0.1) is 6.92 Å². The van der Waals surface area contributed by atoms with Crippen LogP contribution in [0.1, 0.15) is 17.9 Å². The number of nitrogens with one attached hydrogen (secondary N) is 1. The number of aryl methyl sites for hydroxylation is 1. The minimum Gasteiger partial charge on any atom is -0.472 e. The lowest BCUT2D eigenvalue weighted by Crippen LogP contribution is -2.26. The van der Waals surface area contributed by atoms with Gasteiger partial charge in [0.1, 0.15) is 22.6 Å². The van der Waals surface area contributed by atoms with Gasteiger partial charge in [-0.2, -0.15) is 5.10 Å². The Kier molecular flexibility index (Phi) is 5.50. The first-order valence-corrected chi connectivity index (χ1v) is 9.50. The van der Waals surface area contributed by atoms with Crippen LogP contribution in [0.3, 0.4) is 0 Å². The summed E-state index contributed by atoms with van der Waals surface area (Å²) in [6.07, 6.45) is 3.93. The van der Waals surface area contributed by atoms with Crippen molar-refractivity contribution in [2.24, 2.45) is 0 Å². The lowest BCUT2D eigenvalue weighted by atomic mass is 10.1. The fraction of sp³-hybridized carbons (Fsp3) is 0.368. The molecular formula is C19H20ClN5O4. The number of ether oxygens (including phenoxy) is 2. The van der Waals surface area contributed by atoms with E-state index in [2.05, 4.69) is 20.3 Å². The predicted molar refractivity (Wildman–Crippen MR) is 106 cm³/mol. The Balaban J connectivity index is 1.50. The maximum atomic E-state index is 11.7. The summed E-state index contributed by atoms with van der Waals surface area (Å²) >= 11 is 6.11. The van der Waals surface area contributed by atoms with Gasteiger partial charge < -0.3 is 18.9 Å². The van der Waals surface area contributed by atoms with Crippen LogP contribution in [0.2, 0.25) is 5.02 Å². The van der Waals surface area contributed by atoms with E-state index in [1.807, 2.05) is 24.0 Å². The molecule has 1 fully saturated rings. The molecule has 0 radical (unpaired) electrons. The normalized spacial score (nSPS) is 16.4. The van der Waals surface area contributed by atoms with E-state index in [0.717, 1.165) is 23.2 Å². The molecule has 4 heterocycles. The average Bonchev–Trinajstić information content (AvgIpc) is 3.31. The van der Waals surface area contributed by atoms with Crippen molar-refractivity contribution in [3.05, 3.63) is 51.4 Å². The Morgan fingerprint density at radius 1 is 1.45 bits per heavy atom. The van der Waals surface area contributed by atoms with Crippen LogP contribution >= 0.6 is 11.6 Å². The average molecular weight is 418 g/mol. The van der Waals surface area contributed by atoms with Crippen LogP contribution < -0.4 is 15.2 Å². The number of methoxy groups -OCH3 is 1. The molecule has 1 saturated heterocycles. The second-order valence-corrected chi connectivity index (χ2v) is 7.13. The number of H-pyrrole nitrogens is 1. The number of hydrogen-bond donors (Lipinski definition) is 1. The van der Waals surface area contributed by atoms with Gasteiger partial charge in [0.05, 0.1) is 30.6 Å². The molecule has 1 N–H and O–H groups in total. The van der Waals surface area contributed by atoms with E-state index >= 15 is 0 Å². The topological polar surface area (TPSA) is 106 Å². The molecule has 29 heavy (non-hydrogen) atoms. The van der Waals surface area contributed by atoms with E-state index in [1.165, 1.54) is 0 Å². The largest absolute Gasteiger partial charge is 0.472 e. The molecule has 1 aliphatic rings. The maximum Gasteiger partial charge on any atom is 0.285 e. The van der Waals surface area contributed by atoms with Gasteiger partial charge in [0.25, 0.3) is 5.56 Å². The third-order valence-corrected chi connectivity index (χ3v) is 5.15. The summed E-state index contributed by atoms with van der Waals surface area (Å²) in [6, 6.07) is 3.75. The van der Waals surface area contributed by atoms with Crippen molar-refractivity contribution in [1.29, 1.82) is 0 Å². The van der Waals surface area contributed by atoms with Crippen molar-refractivity contribution < 1.29 is 14.0 Å². The molecule has 3 aromatic heterocycles.